The van der Waals surface area contributed by atoms with E-state index in [0.717, 1.165) is 71.7 Å². The van der Waals surface area contributed by atoms with Gasteiger partial charge in [0.1, 0.15) is 0 Å². The second-order valence-electron chi connectivity index (χ2n) is 6.86. The molecule has 2 N–H and O–H groups in total. The molecular weight excluding hydrogens is 264 g/mol. The molecule has 0 aliphatic carbocycles. The van der Waals surface area contributed by atoms with Gasteiger partial charge < -0.3 is 20.4 Å². The lowest BCUT2D eigenvalue weighted by Crippen LogP contribution is -2.47. The molecule has 0 bridgehead atoms. The monoisotopic (exact) mass is 296 g/mol. The largest absolute Gasteiger partial charge is 0.356 e. The molecule has 0 radical (unpaired) electrons. The van der Waals surface area contributed by atoms with Gasteiger partial charge in [0.05, 0.1) is 0 Å². The number of rotatable bonds is 6. The number of nitrogens with zero attached hydrogens (tertiary/aromatic N) is 2. The van der Waals surface area contributed by atoms with E-state index in [0.29, 0.717) is 6.42 Å². The molecule has 5 nitrogen and oxygen atoms in total. The second-order valence-corrected chi connectivity index (χ2v) is 6.86. The number of likely N-dealkylation sites (N-methyl/N-ethyl adjacent to an activating group) is 1. The predicted octanol–water partition coefficient (Wildman–Crippen LogP) is 0.520. The number of hydrogen-bond donors (Lipinski definition) is 2. The zero-order chi connectivity index (χ0) is 15.1. The maximum absolute atomic E-state index is 12.0. The SMILES string of the molecule is CCN1CCN(CCC(=O)NCC2(C)CCNCC2)CC1. The van der Waals surface area contributed by atoms with Gasteiger partial charge in [-0.3, -0.25) is 4.79 Å². The molecule has 0 aromatic heterocycles. The summed E-state index contributed by atoms with van der Waals surface area (Å²) in [5.41, 5.74) is 0.285. The smallest absolute Gasteiger partial charge is 0.221 e. The van der Waals surface area contributed by atoms with Crippen LogP contribution in [-0.4, -0.2) is 74.6 Å². The normalized spacial score (nSPS) is 23.9. The van der Waals surface area contributed by atoms with Crippen molar-refractivity contribution in [2.75, 3.05) is 58.9 Å². The minimum absolute atomic E-state index is 0.215. The highest BCUT2D eigenvalue weighted by atomic mass is 16.1. The topological polar surface area (TPSA) is 47.6 Å². The maximum Gasteiger partial charge on any atom is 0.221 e. The Labute approximate surface area is 129 Å². The van der Waals surface area contributed by atoms with Gasteiger partial charge in [0.2, 0.25) is 5.91 Å². The highest BCUT2D eigenvalue weighted by molar-refractivity contribution is 5.76. The number of piperazine rings is 1. The molecule has 2 aliphatic heterocycles. The van der Waals surface area contributed by atoms with Gasteiger partial charge in [-0.15, -0.1) is 0 Å². The number of carbonyl (C=O) groups excluding carboxylic acids is 1. The first-order valence-electron chi connectivity index (χ1n) is 8.53. The Morgan fingerprint density at radius 3 is 2.38 bits per heavy atom. The van der Waals surface area contributed by atoms with Crippen molar-refractivity contribution in [2.45, 2.75) is 33.1 Å². The van der Waals surface area contributed by atoms with Crippen LogP contribution in [0.2, 0.25) is 0 Å². The summed E-state index contributed by atoms with van der Waals surface area (Å²) in [7, 11) is 0. The van der Waals surface area contributed by atoms with E-state index in [1.165, 1.54) is 0 Å². The van der Waals surface area contributed by atoms with Crippen LogP contribution in [0.1, 0.15) is 33.1 Å². The summed E-state index contributed by atoms with van der Waals surface area (Å²) in [6, 6.07) is 0. The molecule has 0 aromatic carbocycles. The fourth-order valence-electron chi connectivity index (χ4n) is 3.20. The van der Waals surface area contributed by atoms with Crippen LogP contribution < -0.4 is 10.6 Å². The van der Waals surface area contributed by atoms with Crippen molar-refractivity contribution in [1.82, 2.24) is 20.4 Å². The van der Waals surface area contributed by atoms with Crippen molar-refractivity contribution in [3.05, 3.63) is 0 Å². The third-order valence-electron chi connectivity index (χ3n) is 5.09. The van der Waals surface area contributed by atoms with Crippen LogP contribution in [0.5, 0.6) is 0 Å². The average Bonchev–Trinajstić information content (AvgIpc) is 2.52. The van der Waals surface area contributed by atoms with Gasteiger partial charge in [0.25, 0.3) is 0 Å². The fourth-order valence-corrected chi connectivity index (χ4v) is 3.20. The number of piperidine rings is 1. The Kier molecular flexibility index (Phi) is 6.45. The summed E-state index contributed by atoms with van der Waals surface area (Å²) in [5, 5.41) is 6.53. The Hall–Kier alpha value is -0.650. The summed E-state index contributed by atoms with van der Waals surface area (Å²) >= 11 is 0. The molecule has 0 spiro atoms. The minimum Gasteiger partial charge on any atom is -0.356 e. The predicted molar refractivity (Wildman–Crippen MR) is 86.4 cm³/mol. The molecule has 0 unspecified atom stereocenters. The number of nitrogens with one attached hydrogen (secondary N) is 2. The molecule has 1 amide bonds. The molecule has 122 valence electrons. The van der Waals surface area contributed by atoms with E-state index in [4.69, 9.17) is 0 Å². The Morgan fingerprint density at radius 2 is 1.76 bits per heavy atom. The van der Waals surface area contributed by atoms with Crippen LogP contribution >= 0.6 is 0 Å². The van der Waals surface area contributed by atoms with Crippen LogP contribution in [0.4, 0.5) is 0 Å². The van der Waals surface area contributed by atoms with Crippen LogP contribution in [0.3, 0.4) is 0 Å². The Balaban J connectivity index is 1.59. The van der Waals surface area contributed by atoms with Gasteiger partial charge in [-0.25, -0.2) is 0 Å². The van der Waals surface area contributed by atoms with E-state index in [-0.39, 0.29) is 11.3 Å². The average molecular weight is 296 g/mol. The van der Waals surface area contributed by atoms with Gasteiger partial charge in [-0.2, -0.15) is 0 Å². The van der Waals surface area contributed by atoms with Crippen LogP contribution in [0, 0.1) is 5.41 Å². The summed E-state index contributed by atoms with van der Waals surface area (Å²) in [5.74, 6) is 0.215. The van der Waals surface area contributed by atoms with Crippen molar-refractivity contribution in [3.8, 4) is 0 Å². The molecule has 0 saturated carbocycles. The molecule has 2 rings (SSSR count). The molecule has 2 heterocycles. The number of hydrogen-bond acceptors (Lipinski definition) is 4. The van der Waals surface area contributed by atoms with Crippen molar-refractivity contribution in [2.24, 2.45) is 5.41 Å². The first kappa shape index (κ1) is 16.7. The molecule has 2 fully saturated rings. The van der Waals surface area contributed by atoms with Gasteiger partial charge in [-0.05, 0) is 37.9 Å². The molecule has 0 atom stereocenters. The number of carbonyl (C=O) groups is 1. The van der Waals surface area contributed by atoms with Crippen molar-refractivity contribution in [1.29, 1.82) is 0 Å². The van der Waals surface area contributed by atoms with E-state index in [1.807, 2.05) is 0 Å². The van der Waals surface area contributed by atoms with Gasteiger partial charge in [-0.1, -0.05) is 13.8 Å². The van der Waals surface area contributed by atoms with Crippen molar-refractivity contribution < 1.29 is 4.79 Å². The first-order valence-corrected chi connectivity index (χ1v) is 8.53. The van der Waals surface area contributed by atoms with Crippen molar-refractivity contribution in [3.63, 3.8) is 0 Å². The van der Waals surface area contributed by atoms with Gasteiger partial charge >= 0.3 is 0 Å². The summed E-state index contributed by atoms with van der Waals surface area (Å²) in [6.45, 7) is 14.0. The van der Waals surface area contributed by atoms with Crippen LogP contribution in [0.25, 0.3) is 0 Å². The first-order chi connectivity index (χ1) is 10.1. The molecule has 2 aliphatic rings. The van der Waals surface area contributed by atoms with Gasteiger partial charge in [0.15, 0.2) is 0 Å². The third-order valence-corrected chi connectivity index (χ3v) is 5.09. The quantitative estimate of drug-likeness (QED) is 0.750. The highest BCUT2D eigenvalue weighted by Gasteiger charge is 2.27. The second kappa shape index (κ2) is 8.11. The Bertz CT molecular complexity index is 320. The van der Waals surface area contributed by atoms with E-state index >= 15 is 0 Å². The van der Waals surface area contributed by atoms with Gasteiger partial charge in [0, 0.05) is 45.7 Å². The maximum atomic E-state index is 12.0. The molecule has 0 aromatic rings. The van der Waals surface area contributed by atoms with Crippen LogP contribution in [-0.2, 0) is 4.79 Å². The number of amides is 1. The highest BCUT2D eigenvalue weighted by Crippen LogP contribution is 2.26. The lowest BCUT2D eigenvalue weighted by Gasteiger charge is -2.35. The van der Waals surface area contributed by atoms with Crippen molar-refractivity contribution >= 4 is 5.91 Å². The molecule has 5 heteroatoms. The third kappa shape index (κ3) is 5.57. The minimum atomic E-state index is 0.215. The summed E-state index contributed by atoms with van der Waals surface area (Å²) < 4.78 is 0. The van der Waals surface area contributed by atoms with E-state index in [2.05, 4.69) is 34.3 Å². The molecule has 2 saturated heterocycles. The zero-order valence-corrected chi connectivity index (χ0v) is 13.8. The van der Waals surface area contributed by atoms with Crippen LogP contribution in [0.15, 0.2) is 0 Å². The van der Waals surface area contributed by atoms with E-state index in [1.54, 1.807) is 0 Å². The van der Waals surface area contributed by atoms with E-state index < -0.39 is 0 Å². The summed E-state index contributed by atoms with van der Waals surface area (Å²) in [6.07, 6.45) is 2.96. The lowest BCUT2D eigenvalue weighted by molar-refractivity contribution is -0.122. The zero-order valence-electron chi connectivity index (χ0n) is 13.8. The summed E-state index contributed by atoms with van der Waals surface area (Å²) in [4.78, 5) is 16.9. The standard InChI is InChI=1S/C16H32N4O/c1-3-19-10-12-20(13-11-19)9-4-15(21)18-14-16(2)5-7-17-8-6-16/h17H,3-14H2,1-2H3,(H,18,21). The fraction of sp³-hybridized carbons (Fsp3) is 0.938. The lowest BCUT2D eigenvalue weighted by atomic mass is 9.81. The Morgan fingerprint density at radius 1 is 1.14 bits per heavy atom. The molecule has 21 heavy (non-hydrogen) atoms. The van der Waals surface area contributed by atoms with E-state index in [9.17, 15) is 4.79 Å². The molecular formula is C16H32N4O.